The summed E-state index contributed by atoms with van der Waals surface area (Å²) in [7, 11) is 1.59. The van der Waals surface area contributed by atoms with Gasteiger partial charge in [0.2, 0.25) is 5.88 Å². The van der Waals surface area contributed by atoms with Crippen LogP contribution in [0.5, 0.6) is 5.88 Å². The average Bonchev–Trinajstić information content (AvgIpc) is 2.99. The minimum Gasteiger partial charge on any atom is -0.481 e. The Morgan fingerprint density at radius 2 is 2.33 bits per heavy atom. The van der Waals surface area contributed by atoms with Crippen LogP contribution in [0.1, 0.15) is 47.3 Å². The zero-order valence-corrected chi connectivity index (χ0v) is 14.1. The number of pyridine rings is 1. The summed E-state index contributed by atoms with van der Waals surface area (Å²) in [5.74, 6) is 0.417. The average molecular weight is 330 g/mol. The quantitative estimate of drug-likeness (QED) is 0.873. The molecular weight excluding hydrogens is 308 g/mol. The minimum atomic E-state index is -0.170. The Balaban J connectivity index is 1.64. The number of nitrogens with one attached hydrogen (secondary N) is 2. The van der Waals surface area contributed by atoms with Gasteiger partial charge in [-0.05, 0) is 26.3 Å². The second-order valence-corrected chi connectivity index (χ2v) is 5.94. The van der Waals surface area contributed by atoms with E-state index in [0.717, 1.165) is 16.8 Å². The van der Waals surface area contributed by atoms with Crippen molar-refractivity contribution in [2.75, 3.05) is 13.7 Å². The van der Waals surface area contributed by atoms with Crippen LogP contribution in [-0.4, -0.2) is 40.8 Å². The van der Waals surface area contributed by atoms with Crippen LogP contribution >= 0.6 is 0 Å². The van der Waals surface area contributed by atoms with Gasteiger partial charge in [0.1, 0.15) is 0 Å². The number of nitrogens with zero attached hydrogens (tertiary/aromatic N) is 2. The van der Waals surface area contributed by atoms with Crippen molar-refractivity contribution in [2.24, 2.45) is 0 Å². The monoisotopic (exact) mass is 330 g/mol. The summed E-state index contributed by atoms with van der Waals surface area (Å²) in [4.78, 5) is 16.6. The summed E-state index contributed by atoms with van der Waals surface area (Å²) < 4.78 is 11.0. The molecule has 1 aliphatic rings. The van der Waals surface area contributed by atoms with E-state index in [-0.39, 0.29) is 18.1 Å². The van der Waals surface area contributed by atoms with Gasteiger partial charge in [-0.25, -0.2) is 4.98 Å². The van der Waals surface area contributed by atoms with Crippen molar-refractivity contribution in [3.05, 3.63) is 40.8 Å². The van der Waals surface area contributed by atoms with Crippen molar-refractivity contribution < 1.29 is 14.3 Å². The SMILES string of the molecule is COc1ncccc1CCNC(=O)c1n[nH]c2c1C[C@H](C)O[C@@H]2C. The fourth-order valence-corrected chi connectivity index (χ4v) is 3.05. The zero-order valence-electron chi connectivity index (χ0n) is 14.1. The van der Waals surface area contributed by atoms with Crippen LogP contribution in [0, 0.1) is 0 Å². The summed E-state index contributed by atoms with van der Waals surface area (Å²) in [5.41, 5.74) is 3.27. The Labute approximate surface area is 140 Å². The van der Waals surface area contributed by atoms with Crippen LogP contribution in [0.25, 0.3) is 0 Å². The number of rotatable bonds is 5. The number of aromatic nitrogens is 3. The van der Waals surface area contributed by atoms with Gasteiger partial charge in [0.15, 0.2) is 5.69 Å². The van der Waals surface area contributed by atoms with E-state index in [1.165, 1.54) is 0 Å². The molecule has 128 valence electrons. The fraction of sp³-hybridized carbons (Fsp3) is 0.471. The Kier molecular flexibility index (Phi) is 4.80. The Morgan fingerprint density at radius 3 is 3.12 bits per heavy atom. The molecule has 0 aliphatic carbocycles. The van der Waals surface area contributed by atoms with E-state index in [2.05, 4.69) is 20.5 Å². The first kappa shape index (κ1) is 16.4. The topological polar surface area (TPSA) is 89.1 Å². The molecule has 7 nitrogen and oxygen atoms in total. The normalized spacial score (nSPS) is 19.6. The number of hydrogen-bond acceptors (Lipinski definition) is 5. The van der Waals surface area contributed by atoms with E-state index in [1.54, 1.807) is 13.3 Å². The highest BCUT2D eigenvalue weighted by Crippen LogP contribution is 2.30. The molecule has 1 aliphatic heterocycles. The van der Waals surface area contributed by atoms with Crippen LogP contribution in [0.3, 0.4) is 0 Å². The number of aromatic amines is 1. The lowest BCUT2D eigenvalue weighted by Crippen LogP contribution is -2.29. The highest BCUT2D eigenvalue weighted by atomic mass is 16.5. The first-order valence-electron chi connectivity index (χ1n) is 8.08. The molecule has 2 aromatic rings. The van der Waals surface area contributed by atoms with Crippen molar-refractivity contribution in [1.82, 2.24) is 20.5 Å². The summed E-state index contributed by atoms with van der Waals surface area (Å²) in [6.07, 6.45) is 3.02. The number of carbonyl (C=O) groups is 1. The van der Waals surface area contributed by atoms with Gasteiger partial charge in [-0.3, -0.25) is 9.89 Å². The lowest BCUT2D eigenvalue weighted by atomic mass is 9.99. The summed E-state index contributed by atoms with van der Waals surface area (Å²) in [5, 5.41) is 10.0. The standard InChI is InChI=1S/C17H22N4O3/c1-10-9-13-14(11(2)24-10)20-21-15(13)16(22)18-8-6-12-5-4-7-19-17(12)23-3/h4-5,7,10-11H,6,8-9H2,1-3H3,(H,18,22)(H,20,21)/t10-,11+/m0/s1. The maximum atomic E-state index is 12.5. The zero-order chi connectivity index (χ0) is 17.1. The van der Waals surface area contributed by atoms with Gasteiger partial charge in [-0.2, -0.15) is 5.10 Å². The number of fused-ring (bicyclic) bond motifs is 1. The second kappa shape index (κ2) is 7.00. The van der Waals surface area contributed by atoms with E-state index in [4.69, 9.17) is 9.47 Å². The van der Waals surface area contributed by atoms with Gasteiger partial charge < -0.3 is 14.8 Å². The molecule has 0 saturated heterocycles. The lowest BCUT2D eigenvalue weighted by molar-refractivity contribution is -0.00697. The second-order valence-electron chi connectivity index (χ2n) is 5.94. The van der Waals surface area contributed by atoms with Crippen LogP contribution in [0.15, 0.2) is 18.3 Å². The smallest absolute Gasteiger partial charge is 0.272 e. The molecule has 2 aromatic heterocycles. The molecule has 1 amide bonds. The van der Waals surface area contributed by atoms with E-state index >= 15 is 0 Å². The van der Waals surface area contributed by atoms with Crippen LogP contribution in [0.4, 0.5) is 0 Å². The molecule has 0 spiro atoms. The molecule has 7 heteroatoms. The van der Waals surface area contributed by atoms with Crippen molar-refractivity contribution in [3.63, 3.8) is 0 Å². The van der Waals surface area contributed by atoms with Gasteiger partial charge >= 0.3 is 0 Å². The Bertz CT molecular complexity index is 728. The van der Waals surface area contributed by atoms with Crippen LogP contribution < -0.4 is 10.1 Å². The van der Waals surface area contributed by atoms with Crippen LogP contribution in [0.2, 0.25) is 0 Å². The predicted octanol–water partition coefficient (Wildman–Crippen LogP) is 1.81. The molecule has 2 N–H and O–H groups in total. The summed E-state index contributed by atoms with van der Waals surface area (Å²) in [6.45, 7) is 4.45. The molecular formula is C17H22N4O3. The molecule has 0 aromatic carbocycles. The third-order valence-corrected chi connectivity index (χ3v) is 4.17. The van der Waals surface area contributed by atoms with E-state index in [1.807, 2.05) is 26.0 Å². The van der Waals surface area contributed by atoms with Gasteiger partial charge in [0.25, 0.3) is 5.91 Å². The number of methoxy groups -OCH3 is 1. The lowest BCUT2D eigenvalue weighted by Gasteiger charge is -2.25. The largest absolute Gasteiger partial charge is 0.481 e. The number of ether oxygens (including phenoxy) is 2. The summed E-state index contributed by atoms with van der Waals surface area (Å²) in [6, 6.07) is 3.79. The van der Waals surface area contributed by atoms with Crippen molar-refractivity contribution in [2.45, 2.75) is 38.9 Å². The van der Waals surface area contributed by atoms with E-state index in [9.17, 15) is 4.79 Å². The predicted molar refractivity (Wildman–Crippen MR) is 88.1 cm³/mol. The molecule has 3 rings (SSSR count). The van der Waals surface area contributed by atoms with Crippen molar-refractivity contribution >= 4 is 5.91 Å². The molecule has 0 radical (unpaired) electrons. The van der Waals surface area contributed by atoms with Gasteiger partial charge in [-0.1, -0.05) is 6.07 Å². The molecule has 0 saturated carbocycles. The van der Waals surface area contributed by atoms with Gasteiger partial charge in [-0.15, -0.1) is 0 Å². The minimum absolute atomic E-state index is 0.0718. The molecule has 0 unspecified atom stereocenters. The third kappa shape index (κ3) is 3.26. The third-order valence-electron chi connectivity index (χ3n) is 4.17. The Hall–Kier alpha value is -2.41. The fourth-order valence-electron chi connectivity index (χ4n) is 3.05. The maximum Gasteiger partial charge on any atom is 0.272 e. The molecule has 3 heterocycles. The first-order valence-corrected chi connectivity index (χ1v) is 8.08. The molecule has 0 fully saturated rings. The summed E-state index contributed by atoms with van der Waals surface area (Å²) >= 11 is 0. The van der Waals surface area contributed by atoms with Crippen molar-refractivity contribution in [3.8, 4) is 5.88 Å². The highest BCUT2D eigenvalue weighted by molar-refractivity contribution is 5.94. The van der Waals surface area contributed by atoms with E-state index in [0.29, 0.717) is 31.0 Å². The van der Waals surface area contributed by atoms with Gasteiger partial charge in [0.05, 0.1) is 25.0 Å². The van der Waals surface area contributed by atoms with Crippen LogP contribution in [-0.2, 0) is 17.6 Å². The number of hydrogen-bond donors (Lipinski definition) is 2. The number of H-pyrrole nitrogens is 1. The van der Waals surface area contributed by atoms with Crippen molar-refractivity contribution in [1.29, 1.82) is 0 Å². The Morgan fingerprint density at radius 1 is 1.50 bits per heavy atom. The van der Waals surface area contributed by atoms with Gasteiger partial charge in [0, 0.05) is 30.3 Å². The number of amides is 1. The molecule has 24 heavy (non-hydrogen) atoms. The number of carbonyl (C=O) groups excluding carboxylic acids is 1. The maximum absolute atomic E-state index is 12.5. The first-order chi connectivity index (χ1) is 11.6. The molecule has 0 bridgehead atoms. The molecule has 2 atom stereocenters. The highest BCUT2D eigenvalue weighted by Gasteiger charge is 2.29. The van der Waals surface area contributed by atoms with E-state index < -0.39 is 0 Å².